The molecule has 6 nitrogen and oxygen atoms in total. The summed E-state index contributed by atoms with van der Waals surface area (Å²) in [6.07, 6.45) is 18.6. The molecule has 0 amide bonds. The second-order valence-electron chi connectivity index (χ2n) is 6.90. The molecule has 0 saturated heterocycles. The van der Waals surface area contributed by atoms with Crippen LogP contribution in [0.2, 0.25) is 0 Å². The number of carboxylic acid groups (broad SMARTS) is 3. The largest absolute Gasteiger partial charge is 3.00 e. The third kappa shape index (κ3) is 11.4. The predicted molar refractivity (Wildman–Crippen MR) is 100 cm³/mol. The van der Waals surface area contributed by atoms with Gasteiger partial charge in [0.25, 0.3) is 0 Å². The zero-order chi connectivity index (χ0) is 20.1. The number of carbonyl (C=O) groups excluding carboxylic acids is 3. The molecular formula is C21H27InO6. The fourth-order valence-corrected chi connectivity index (χ4v) is 3.02. The van der Waals surface area contributed by atoms with Gasteiger partial charge in [-0.3, -0.25) is 0 Å². The van der Waals surface area contributed by atoms with Crippen molar-refractivity contribution in [3.05, 3.63) is 36.5 Å². The maximum atomic E-state index is 10.2. The Morgan fingerprint density at radius 2 is 0.786 bits per heavy atom. The van der Waals surface area contributed by atoms with Crippen molar-refractivity contribution < 1.29 is 29.7 Å². The molecule has 150 valence electrons. The van der Waals surface area contributed by atoms with Gasteiger partial charge < -0.3 is 29.7 Å². The quantitative estimate of drug-likeness (QED) is 0.510. The second kappa shape index (κ2) is 15.4. The molecule has 0 spiro atoms. The second-order valence-corrected chi connectivity index (χ2v) is 6.90. The van der Waals surface area contributed by atoms with Gasteiger partial charge in [-0.15, -0.1) is 0 Å². The van der Waals surface area contributed by atoms with E-state index in [0.717, 1.165) is 38.5 Å². The molecule has 0 aromatic carbocycles. The Kier molecular flexibility index (Phi) is 14.6. The van der Waals surface area contributed by atoms with Gasteiger partial charge in [0.05, 0.1) is 0 Å². The average Bonchev–Trinajstić information content (AvgIpc) is 2.71. The van der Waals surface area contributed by atoms with Gasteiger partial charge in [-0.25, -0.2) is 0 Å². The predicted octanol–water partition coefficient (Wildman–Crippen LogP) is -0.103. The van der Waals surface area contributed by atoms with Crippen LogP contribution in [0.3, 0.4) is 0 Å². The molecule has 3 rings (SSSR count). The molecule has 0 bridgehead atoms. The van der Waals surface area contributed by atoms with E-state index in [0.29, 0.717) is 19.3 Å². The maximum absolute atomic E-state index is 10.2. The number of carbonyl (C=O) groups is 3. The zero-order valence-electron chi connectivity index (χ0n) is 16.1. The minimum absolute atomic E-state index is 0. The van der Waals surface area contributed by atoms with Crippen molar-refractivity contribution in [3.8, 4) is 0 Å². The molecule has 0 aromatic rings. The summed E-state index contributed by atoms with van der Waals surface area (Å²) < 4.78 is 0. The van der Waals surface area contributed by atoms with Gasteiger partial charge in [0, 0.05) is 35.7 Å². The van der Waals surface area contributed by atoms with Gasteiger partial charge in [0.15, 0.2) is 0 Å². The van der Waals surface area contributed by atoms with E-state index in [9.17, 15) is 29.7 Å². The molecule has 0 radical (unpaired) electrons. The topological polar surface area (TPSA) is 120 Å². The number of hydrogen-bond acceptors (Lipinski definition) is 6. The van der Waals surface area contributed by atoms with Crippen LogP contribution in [0.1, 0.15) is 57.8 Å². The monoisotopic (exact) mass is 490 g/mol. The first-order chi connectivity index (χ1) is 12.9. The Morgan fingerprint density at radius 1 is 0.536 bits per heavy atom. The van der Waals surface area contributed by atoms with Gasteiger partial charge in [0.2, 0.25) is 0 Å². The van der Waals surface area contributed by atoms with Crippen molar-refractivity contribution in [1.82, 2.24) is 0 Å². The summed E-state index contributed by atoms with van der Waals surface area (Å²) in [5.41, 5.74) is 0. The van der Waals surface area contributed by atoms with Gasteiger partial charge in [-0.2, -0.15) is 0 Å². The van der Waals surface area contributed by atoms with E-state index in [1.54, 1.807) is 0 Å². The Morgan fingerprint density at radius 3 is 0.893 bits per heavy atom. The number of allylic oxidation sites excluding steroid dienone is 6. The first-order valence-electron chi connectivity index (χ1n) is 9.49. The summed E-state index contributed by atoms with van der Waals surface area (Å²) in [5, 5.41) is 30.6. The number of hydrogen-bond donors (Lipinski definition) is 0. The van der Waals surface area contributed by atoms with Crippen LogP contribution in [-0.2, 0) is 14.4 Å². The van der Waals surface area contributed by atoms with Crippen LogP contribution in [0.5, 0.6) is 0 Å². The summed E-state index contributed by atoms with van der Waals surface area (Å²) in [4.78, 5) is 30.6. The van der Waals surface area contributed by atoms with Crippen LogP contribution in [0.15, 0.2) is 36.5 Å². The summed E-state index contributed by atoms with van der Waals surface area (Å²) in [7, 11) is 0. The Labute approximate surface area is 185 Å². The molecular weight excluding hydrogens is 463 g/mol. The van der Waals surface area contributed by atoms with Crippen LogP contribution in [0.4, 0.5) is 0 Å². The molecule has 0 heterocycles. The average molecular weight is 490 g/mol. The Hall–Kier alpha value is -1.50. The maximum Gasteiger partial charge on any atom is 3.00 e. The van der Waals surface area contributed by atoms with Gasteiger partial charge in [-0.1, -0.05) is 36.5 Å². The molecule has 28 heavy (non-hydrogen) atoms. The van der Waals surface area contributed by atoms with Gasteiger partial charge in [0.1, 0.15) is 0 Å². The van der Waals surface area contributed by atoms with Crippen molar-refractivity contribution in [3.63, 3.8) is 0 Å². The van der Waals surface area contributed by atoms with E-state index < -0.39 is 17.9 Å². The summed E-state index contributed by atoms with van der Waals surface area (Å²) >= 11 is 0. The molecule has 7 heteroatoms. The van der Waals surface area contributed by atoms with Crippen LogP contribution < -0.4 is 15.3 Å². The van der Waals surface area contributed by atoms with E-state index in [1.807, 2.05) is 36.5 Å². The minimum atomic E-state index is -0.903. The van der Waals surface area contributed by atoms with Crippen molar-refractivity contribution in [2.75, 3.05) is 0 Å². The van der Waals surface area contributed by atoms with Crippen molar-refractivity contribution >= 4 is 43.8 Å². The molecule has 0 N–H and O–H groups in total. The first kappa shape index (κ1) is 26.5. The van der Waals surface area contributed by atoms with Crippen molar-refractivity contribution in [1.29, 1.82) is 0 Å². The fourth-order valence-electron chi connectivity index (χ4n) is 3.02. The minimum Gasteiger partial charge on any atom is -0.550 e. The summed E-state index contributed by atoms with van der Waals surface area (Å²) in [6.45, 7) is 0. The normalized spacial score (nSPS) is 25.1. The van der Waals surface area contributed by atoms with Crippen LogP contribution >= 0.6 is 0 Å². The van der Waals surface area contributed by atoms with Crippen LogP contribution in [0.25, 0.3) is 0 Å². The van der Waals surface area contributed by atoms with Crippen LogP contribution in [-0.4, -0.2) is 43.8 Å². The third-order valence-electron chi connectivity index (χ3n) is 4.81. The standard InChI is InChI=1S/3C7H10O2.In/c3*8-7(9)6-4-2-1-3-5-6;/h3*1-2,6H,3-5H2,(H,8,9);/q;;;+3/p-3. The van der Waals surface area contributed by atoms with E-state index in [-0.39, 0.29) is 43.6 Å². The van der Waals surface area contributed by atoms with E-state index in [1.165, 1.54) is 0 Å². The number of carboxylic acids is 3. The smallest absolute Gasteiger partial charge is 0.550 e. The first-order valence-corrected chi connectivity index (χ1v) is 9.49. The SMILES string of the molecule is O=C([O-])C1CC=CCC1.O=C([O-])C1CC=CCC1.O=C([O-])C1CC=CCC1.[In+3]. The van der Waals surface area contributed by atoms with Gasteiger partial charge >= 0.3 is 25.8 Å². The van der Waals surface area contributed by atoms with Gasteiger partial charge in [-0.05, 0) is 57.8 Å². The molecule has 3 aliphatic carbocycles. The van der Waals surface area contributed by atoms with Crippen LogP contribution in [0, 0.1) is 17.8 Å². The molecule has 0 saturated carbocycles. The third-order valence-corrected chi connectivity index (χ3v) is 4.81. The molecule has 0 aromatic heterocycles. The molecule has 3 aliphatic rings. The summed E-state index contributed by atoms with van der Waals surface area (Å²) in [5.74, 6) is -3.39. The van der Waals surface area contributed by atoms with Crippen molar-refractivity contribution in [2.24, 2.45) is 17.8 Å². The van der Waals surface area contributed by atoms with Crippen molar-refractivity contribution in [2.45, 2.75) is 57.8 Å². The van der Waals surface area contributed by atoms with E-state index >= 15 is 0 Å². The Balaban J connectivity index is 0.000000384. The summed E-state index contributed by atoms with van der Waals surface area (Å²) in [6, 6.07) is 0. The van der Waals surface area contributed by atoms with E-state index in [4.69, 9.17) is 0 Å². The zero-order valence-corrected chi connectivity index (χ0v) is 19.4. The molecule has 0 aliphatic heterocycles. The Bertz CT molecular complexity index is 501. The number of aliphatic carboxylic acids is 3. The molecule has 3 unspecified atom stereocenters. The molecule has 3 atom stereocenters. The van der Waals surface area contributed by atoms with E-state index in [2.05, 4.69) is 0 Å². The number of rotatable bonds is 3. The molecule has 0 fully saturated rings. The fraction of sp³-hybridized carbons (Fsp3) is 0.571.